The van der Waals surface area contributed by atoms with Crippen LogP contribution in [0.1, 0.15) is 51.1 Å². The number of nitrogens with zero attached hydrogens (tertiary/aromatic N) is 2. The van der Waals surface area contributed by atoms with Gasteiger partial charge in [-0.15, -0.1) is 11.3 Å². The molecule has 0 fully saturated rings. The molecule has 180 valence electrons. The molecule has 3 rings (SSSR count). The van der Waals surface area contributed by atoms with Gasteiger partial charge in [0, 0.05) is 29.6 Å². The van der Waals surface area contributed by atoms with Crippen LogP contribution in [0.25, 0.3) is 0 Å². The fraction of sp³-hybridized carbons (Fsp3) is 0.520. The minimum Gasteiger partial charge on any atom is -0.491 e. The molecule has 8 heteroatoms. The van der Waals surface area contributed by atoms with Gasteiger partial charge in [0.05, 0.1) is 6.04 Å². The van der Waals surface area contributed by atoms with E-state index >= 15 is 0 Å². The first-order valence-electron chi connectivity index (χ1n) is 11.3. The average molecular weight is 476 g/mol. The molecule has 0 aliphatic carbocycles. The van der Waals surface area contributed by atoms with Gasteiger partial charge < -0.3 is 19.9 Å². The molecule has 1 aromatic heterocycles. The van der Waals surface area contributed by atoms with E-state index in [4.69, 9.17) is 4.74 Å². The Bertz CT molecular complexity index is 970. The number of hydrogen-bond donors (Lipinski definition) is 1. The second-order valence-corrected chi connectivity index (χ2v) is 10.9. The number of nitrogens with one attached hydrogen (secondary N) is 1. The van der Waals surface area contributed by atoms with E-state index in [1.165, 1.54) is 17.0 Å². The van der Waals surface area contributed by atoms with Crippen molar-refractivity contribution in [2.45, 2.75) is 52.6 Å². The summed E-state index contributed by atoms with van der Waals surface area (Å²) in [5.74, 6) is 0.162. The second kappa shape index (κ2) is 10.5. The van der Waals surface area contributed by atoms with Gasteiger partial charge in [-0.2, -0.15) is 0 Å². The number of amides is 3. The molecule has 0 saturated heterocycles. The van der Waals surface area contributed by atoms with Crippen molar-refractivity contribution in [2.75, 3.05) is 26.2 Å². The molecule has 0 spiro atoms. The van der Waals surface area contributed by atoms with Crippen molar-refractivity contribution < 1.29 is 18.7 Å². The fourth-order valence-electron chi connectivity index (χ4n) is 3.92. The van der Waals surface area contributed by atoms with Gasteiger partial charge in [0.1, 0.15) is 24.7 Å². The van der Waals surface area contributed by atoms with E-state index in [0.29, 0.717) is 18.8 Å². The smallest absolute Gasteiger partial charge is 0.318 e. The van der Waals surface area contributed by atoms with Gasteiger partial charge >= 0.3 is 6.03 Å². The summed E-state index contributed by atoms with van der Waals surface area (Å²) in [6.45, 7) is 11.1. The highest BCUT2D eigenvalue weighted by molar-refractivity contribution is 7.10. The van der Waals surface area contributed by atoms with Crippen LogP contribution in [0.15, 0.2) is 35.7 Å². The molecule has 0 bridgehead atoms. The van der Waals surface area contributed by atoms with Gasteiger partial charge in [-0.05, 0) is 62.3 Å². The number of ether oxygens (including phenoxy) is 1. The first-order chi connectivity index (χ1) is 15.5. The molecule has 1 aliphatic heterocycles. The number of benzene rings is 1. The summed E-state index contributed by atoms with van der Waals surface area (Å²) in [6.07, 6.45) is 0.771. The predicted octanol–water partition coefficient (Wildman–Crippen LogP) is 4.86. The van der Waals surface area contributed by atoms with Crippen LogP contribution in [0, 0.1) is 11.7 Å². The van der Waals surface area contributed by atoms with Crippen molar-refractivity contribution in [3.63, 3.8) is 0 Å². The lowest BCUT2D eigenvalue weighted by molar-refractivity contribution is -0.135. The van der Waals surface area contributed by atoms with Gasteiger partial charge in [0.25, 0.3) is 0 Å². The Hall–Kier alpha value is -2.61. The summed E-state index contributed by atoms with van der Waals surface area (Å²) in [5, 5.41) is 4.99. The number of hydrogen-bond acceptors (Lipinski definition) is 4. The number of thiophene rings is 1. The minimum absolute atomic E-state index is 0.00394. The van der Waals surface area contributed by atoms with Gasteiger partial charge in [-0.25, -0.2) is 9.18 Å². The third-order valence-corrected chi connectivity index (χ3v) is 6.30. The molecule has 0 unspecified atom stereocenters. The number of carbonyl (C=O) groups is 2. The molecule has 1 N–H and O–H groups in total. The van der Waals surface area contributed by atoms with Crippen LogP contribution in [0.5, 0.6) is 5.75 Å². The zero-order valence-electron chi connectivity index (χ0n) is 20.1. The van der Waals surface area contributed by atoms with Crippen molar-refractivity contribution in [3.05, 3.63) is 52.0 Å². The van der Waals surface area contributed by atoms with Crippen molar-refractivity contribution >= 4 is 23.3 Å². The van der Waals surface area contributed by atoms with E-state index in [1.807, 2.05) is 46.1 Å². The molecule has 3 amide bonds. The topological polar surface area (TPSA) is 61.9 Å². The maximum Gasteiger partial charge on any atom is 0.318 e. The Labute approximate surface area is 199 Å². The minimum atomic E-state index is -0.395. The molecule has 6 nitrogen and oxygen atoms in total. The van der Waals surface area contributed by atoms with Gasteiger partial charge in [0.2, 0.25) is 5.91 Å². The van der Waals surface area contributed by atoms with Crippen molar-refractivity contribution in [3.8, 4) is 5.75 Å². The normalized spacial score (nSPS) is 15.8. The highest BCUT2D eigenvalue weighted by Gasteiger charge is 2.34. The van der Waals surface area contributed by atoms with Crippen LogP contribution in [0.3, 0.4) is 0 Å². The average Bonchev–Trinajstić information content (AvgIpc) is 3.19. The van der Waals surface area contributed by atoms with Gasteiger partial charge in [0.15, 0.2) is 0 Å². The summed E-state index contributed by atoms with van der Waals surface area (Å²) in [6, 6.07) is 7.50. The SMILES string of the molecule is CC(C)CN(CC(=O)N1CCc2sccc2[C@@H]1COc1cccc(F)c1)C(=O)NC(C)(C)C. The van der Waals surface area contributed by atoms with Crippen molar-refractivity contribution in [1.82, 2.24) is 15.1 Å². The first kappa shape index (κ1) is 25.0. The Morgan fingerprint density at radius 3 is 2.73 bits per heavy atom. The summed E-state index contributed by atoms with van der Waals surface area (Å²) in [4.78, 5) is 31.0. The molecule has 2 heterocycles. The zero-order valence-corrected chi connectivity index (χ0v) is 20.9. The van der Waals surface area contributed by atoms with Crippen LogP contribution >= 0.6 is 11.3 Å². The molecule has 1 aliphatic rings. The van der Waals surface area contributed by atoms with E-state index in [2.05, 4.69) is 5.32 Å². The van der Waals surface area contributed by atoms with Crippen LogP contribution < -0.4 is 10.1 Å². The third kappa shape index (κ3) is 6.93. The number of rotatable bonds is 7. The summed E-state index contributed by atoms with van der Waals surface area (Å²) >= 11 is 1.67. The van der Waals surface area contributed by atoms with E-state index in [-0.39, 0.29) is 42.9 Å². The van der Waals surface area contributed by atoms with Crippen LogP contribution in [0.4, 0.5) is 9.18 Å². The van der Waals surface area contributed by atoms with Gasteiger partial charge in [-0.3, -0.25) is 4.79 Å². The van der Waals surface area contributed by atoms with Crippen molar-refractivity contribution in [1.29, 1.82) is 0 Å². The van der Waals surface area contributed by atoms with E-state index in [0.717, 1.165) is 12.0 Å². The molecule has 33 heavy (non-hydrogen) atoms. The molecule has 1 aromatic carbocycles. The predicted molar refractivity (Wildman–Crippen MR) is 129 cm³/mol. The second-order valence-electron chi connectivity index (χ2n) is 9.87. The van der Waals surface area contributed by atoms with E-state index in [1.54, 1.807) is 33.3 Å². The number of halogens is 1. The monoisotopic (exact) mass is 475 g/mol. The lowest BCUT2D eigenvalue weighted by Gasteiger charge is -2.37. The Morgan fingerprint density at radius 2 is 2.06 bits per heavy atom. The lowest BCUT2D eigenvalue weighted by Crippen LogP contribution is -2.53. The molecule has 2 aromatic rings. The third-order valence-electron chi connectivity index (χ3n) is 5.30. The van der Waals surface area contributed by atoms with Crippen LogP contribution in [-0.2, 0) is 11.2 Å². The number of fused-ring (bicyclic) bond motifs is 1. The highest BCUT2D eigenvalue weighted by Crippen LogP contribution is 2.34. The van der Waals surface area contributed by atoms with Gasteiger partial charge in [-0.1, -0.05) is 19.9 Å². The Kier molecular flexibility index (Phi) is 8.00. The van der Waals surface area contributed by atoms with E-state index in [9.17, 15) is 14.0 Å². The first-order valence-corrected chi connectivity index (χ1v) is 12.2. The molecular weight excluding hydrogens is 441 g/mol. The Morgan fingerprint density at radius 1 is 1.30 bits per heavy atom. The molecular formula is C25H34FN3O3S. The highest BCUT2D eigenvalue weighted by atomic mass is 32.1. The summed E-state index contributed by atoms with van der Waals surface area (Å²) < 4.78 is 19.5. The lowest BCUT2D eigenvalue weighted by atomic mass is 10.0. The van der Waals surface area contributed by atoms with Crippen LogP contribution in [-0.4, -0.2) is 53.5 Å². The molecule has 0 saturated carbocycles. The summed E-state index contributed by atoms with van der Waals surface area (Å²) in [7, 11) is 0. The largest absolute Gasteiger partial charge is 0.491 e. The van der Waals surface area contributed by atoms with E-state index < -0.39 is 5.54 Å². The Balaban J connectivity index is 1.77. The maximum atomic E-state index is 13.6. The summed E-state index contributed by atoms with van der Waals surface area (Å²) in [5.41, 5.74) is 0.665. The maximum absolute atomic E-state index is 13.6. The molecule has 0 radical (unpaired) electrons. The van der Waals surface area contributed by atoms with Crippen molar-refractivity contribution in [2.24, 2.45) is 5.92 Å². The standard InChI is InChI=1S/C25H34FN3O3S/c1-17(2)14-28(24(31)27-25(3,4)5)15-23(30)29-11-9-22-20(10-12-33-22)21(29)16-32-19-8-6-7-18(26)13-19/h6-8,10,12-13,17,21H,9,11,14-16H2,1-5H3,(H,27,31)/t21-/m0/s1. The zero-order chi connectivity index (χ0) is 24.2. The number of carbonyl (C=O) groups excluding carboxylic acids is 2. The number of urea groups is 1. The fourth-order valence-corrected chi connectivity index (χ4v) is 4.85. The molecule has 1 atom stereocenters. The van der Waals surface area contributed by atoms with Crippen LogP contribution in [0.2, 0.25) is 0 Å². The quantitative estimate of drug-likeness (QED) is 0.622.